The first-order chi connectivity index (χ1) is 13.4. The normalized spacial score (nSPS) is 24.8. The molecule has 1 aromatic carbocycles. The van der Waals surface area contributed by atoms with E-state index in [0.29, 0.717) is 43.4 Å². The molecule has 1 amide bonds. The second kappa shape index (κ2) is 7.29. The molecule has 1 aromatic heterocycles. The van der Waals surface area contributed by atoms with E-state index in [1.54, 1.807) is 13.1 Å². The van der Waals surface area contributed by atoms with E-state index in [-0.39, 0.29) is 17.7 Å². The number of aryl methyl sites for hydroxylation is 1. The van der Waals surface area contributed by atoms with Crippen molar-refractivity contribution < 1.29 is 18.0 Å². The maximum absolute atomic E-state index is 13.6. The van der Waals surface area contributed by atoms with Gasteiger partial charge in [0, 0.05) is 44.6 Å². The molecule has 2 aliphatic heterocycles. The predicted molar refractivity (Wildman–Crippen MR) is 97.6 cm³/mol. The molecule has 4 rings (SSSR count). The summed E-state index contributed by atoms with van der Waals surface area (Å²) in [5, 5.41) is 13.5. The molecule has 3 heterocycles. The van der Waals surface area contributed by atoms with E-state index in [1.165, 1.54) is 17.1 Å². The van der Waals surface area contributed by atoms with Gasteiger partial charge in [0.2, 0.25) is 11.8 Å². The Labute approximate surface area is 161 Å². The van der Waals surface area contributed by atoms with Crippen LogP contribution in [0, 0.1) is 30.4 Å². The Morgan fingerprint density at radius 1 is 1.21 bits per heavy atom. The van der Waals surface area contributed by atoms with Gasteiger partial charge in [-0.1, -0.05) is 12.0 Å². The summed E-state index contributed by atoms with van der Waals surface area (Å²) in [6, 6.07) is 3.31. The third-order valence-electron chi connectivity index (χ3n) is 5.33. The Morgan fingerprint density at radius 3 is 2.61 bits per heavy atom. The molecule has 0 N–H and O–H groups in total. The van der Waals surface area contributed by atoms with Gasteiger partial charge in [0.1, 0.15) is 11.6 Å². The number of hydrazone groups is 1. The Morgan fingerprint density at radius 2 is 1.96 bits per heavy atom. The second-order valence-electron chi connectivity index (χ2n) is 7.36. The Balaban J connectivity index is 1.48. The van der Waals surface area contributed by atoms with Crippen molar-refractivity contribution in [3.63, 3.8) is 0 Å². The van der Waals surface area contributed by atoms with Crippen LogP contribution in [0.2, 0.25) is 0 Å². The van der Waals surface area contributed by atoms with Crippen LogP contribution in [0.15, 0.2) is 27.7 Å². The lowest BCUT2D eigenvalue weighted by Crippen LogP contribution is -2.46. The van der Waals surface area contributed by atoms with Crippen molar-refractivity contribution in [2.24, 2.45) is 16.9 Å². The average molecular weight is 389 g/mol. The van der Waals surface area contributed by atoms with Gasteiger partial charge in [-0.2, -0.15) is 5.10 Å². The molecule has 0 spiro atoms. The molecular formula is C19H21F2N5O2. The number of carbonyl (C=O) groups excluding carboxylic acids is 1. The molecule has 0 radical (unpaired) electrons. The highest BCUT2D eigenvalue weighted by Gasteiger charge is 2.39. The number of aromatic nitrogens is 2. The van der Waals surface area contributed by atoms with E-state index in [9.17, 15) is 13.6 Å². The maximum Gasteiger partial charge on any atom is 0.318 e. The summed E-state index contributed by atoms with van der Waals surface area (Å²) < 4.78 is 32.7. The van der Waals surface area contributed by atoms with Gasteiger partial charge in [-0.15, -0.1) is 5.10 Å². The summed E-state index contributed by atoms with van der Waals surface area (Å²) in [6.45, 7) is 4.94. The number of carbonyl (C=O) groups is 1. The molecule has 2 aromatic rings. The fourth-order valence-electron chi connectivity index (χ4n) is 3.94. The summed E-state index contributed by atoms with van der Waals surface area (Å²) in [5.74, 6) is -1.16. The molecule has 0 unspecified atom stereocenters. The zero-order chi connectivity index (χ0) is 19.8. The van der Waals surface area contributed by atoms with Crippen molar-refractivity contribution >= 4 is 18.1 Å². The number of benzene rings is 1. The summed E-state index contributed by atoms with van der Waals surface area (Å²) in [5.41, 5.74) is 0.412. The monoisotopic (exact) mass is 389 g/mol. The van der Waals surface area contributed by atoms with E-state index in [1.807, 2.05) is 11.8 Å². The van der Waals surface area contributed by atoms with E-state index in [4.69, 9.17) is 4.42 Å². The summed E-state index contributed by atoms with van der Waals surface area (Å²) in [6.07, 6.45) is 2.66. The molecule has 3 atom stereocenters. The minimum Gasteiger partial charge on any atom is -0.408 e. The first-order valence-electron chi connectivity index (χ1n) is 9.29. The number of halogens is 2. The van der Waals surface area contributed by atoms with Crippen LogP contribution in [0.1, 0.15) is 37.3 Å². The van der Waals surface area contributed by atoms with Crippen LogP contribution in [0.25, 0.3) is 0 Å². The molecule has 7 nitrogen and oxygen atoms in total. The Kier molecular flexibility index (Phi) is 4.82. The molecule has 1 saturated heterocycles. The smallest absolute Gasteiger partial charge is 0.318 e. The lowest BCUT2D eigenvalue weighted by molar-refractivity contribution is -0.139. The first-order valence-corrected chi connectivity index (χ1v) is 9.29. The zero-order valence-electron chi connectivity index (χ0n) is 15.7. The van der Waals surface area contributed by atoms with Gasteiger partial charge < -0.3 is 9.32 Å². The average Bonchev–Trinajstić information content (AvgIpc) is 3.29. The van der Waals surface area contributed by atoms with Crippen LogP contribution < -0.4 is 4.90 Å². The number of rotatable bonds is 3. The number of hydrogen-bond acceptors (Lipinski definition) is 6. The maximum atomic E-state index is 13.6. The Hall–Kier alpha value is -2.84. The van der Waals surface area contributed by atoms with Crippen LogP contribution >= 0.6 is 0 Å². The molecule has 0 saturated carbocycles. The fourth-order valence-corrected chi connectivity index (χ4v) is 3.94. The van der Waals surface area contributed by atoms with Gasteiger partial charge in [-0.3, -0.25) is 4.79 Å². The molecular weight excluding hydrogens is 368 g/mol. The zero-order valence-corrected chi connectivity index (χ0v) is 15.7. The van der Waals surface area contributed by atoms with Crippen molar-refractivity contribution in [3.8, 4) is 0 Å². The molecule has 9 heteroatoms. The van der Waals surface area contributed by atoms with Gasteiger partial charge in [0.15, 0.2) is 0 Å². The van der Waals surface area contributed by atoms with Crippen LogP contribution in [-0.2, 0) is 4.79 Å². The van der Waals surface area contributed by atoms with Crippen molar-refractivity contribution in [1.82, 2.24) is 15.2 Å². The molecule has 28 heavy (non-hydrogen) atoms. The third-order valence-corrected chi connectivity index (χ3v) is 5.33. The van der Waals surface area contributed by atoms with Crippen LogP contribution in [0.5, 0.6) is 0 Å². The van der Waals surface area contributed by atoms with Crippen LogP contribution in [-0.4, -0.2) is 40.4 Å². The number of anilines is 1. The van der Waals surface area contributed by atoms with Crippen LogP contribution in [0.3, 0.4) is 0 Å². The highest BCUT2D eigenvalue weighted by molar-refractivity contribution is 5.82. The molecule has 0 aliphatic carbocycles. The van der Waals surface area contributed by atoms with Crippen LogP contribution in [0.4, 0.5) is 14.8 Å². The highest BCUT2D eigenvalue weighted by atomic mass is 19.1. The largest absolute Gasteiger partial charge is 0.408 e. The molecule has 148 valence electrons. The fraction of sp³-hybridized carbons (Fsp3) is 0.474. The number of hydrogen-bond donors (Lipinski definition) is 0. The van der Waals surface area contributed by atoms with Crippen molar-refractivity contribution in [1.29, 1.82) is 0 Å². The first kappa shape index (κ1) is 18.5. The van der Waals surface area contributed by atoms with Gasteiger partial charge >= 0.3 is 6.01 Å². The lowest BCUT2D eigenvalue weighted by Gasteiger charge is -2.37. The number of nitrogens with zero attached hydrogens (tertiary/aromatic N) is 5. The van der Waals surface area contributed by atoms with Gasteiger partial charge in [-0.05, 0) is 30.0 Å². The second-order valence-corrected chi connectivity index (χ2v) is 7.36. The lowest BCUT2D eigenvalue weighted by atomic mass is 9.85. The SMILES string of the molecule is Cc1nnc(N2CC[C@H](C(=O)N3N=CC[C@@H]3c3cc(F)cc(F)c3)[C@H](C)C2)o1. The minimum absolute atomic E-state index is 0.0363. The Bertz CT molecular complexity index is 895. The van der Waals surface area contributed by atoms with Gasteiger partial charge in [-0.25, -0.2) is 13.8 Å². The van der Waals surface area contributed by atoms with Crippen molar-refractivity contribution in [2.75, 3.05) is 18.0 Å². The quantitative estimate of drug-likeness (QED) is 0.807. The van der Waals surface area contributed by atoms with Gasteiger partial charge in [0.05, 0.1) is 6.04 Å². The standard InChI is InChI=1S/C19H21F2N5O2/c1-11-10-25(19-24-23-12(2)28-19)6-4-16(11)18(27)26-17(3-5-22-26)13-7-14(20)9-15(21)8-13/h5,7-9,11,16-17H,3-4,6,10H2,1-2H3/t11-,16+,17-/m1/s1. The van der Waals surface area contributed by atoms with Crippen molar-refractivity contribution in [2.45, 2.75) is 32.7 Å². The topological polar surface area (TPSA) is 74.8 Å². The summed E-state index contributed by atoms with van der Waals surface area (Å²) >= 11 is 0. The summed E-state index contributed by atoms with van der Waals surface area (Å²) in [4.78, 5) is 15.1. The summed E-state index contributed by atoms with van der Waals surface area (Å²) in [7, 11) is 0. The molecule has 0 bridgehead atoms. The predicted octanol–water partition coefficient (Wildman–Crippen LogP) is 3.08. The van der Waals surface area contributed by atoms with E-state index in [2.05, 4.69) is 15.3 Å². The van der Waals surface area contributed by atoms with E-state index in [0.717, 1.165) is 6.07 Å². The third kappa shape index (κ3) is 3.48. The van der Waals surface area contributed by atoms with Crippen molar-refractivity contribution in [3.05, 3.63) is 41.3 Å². The van der Waals surface area contributed by atoms with Gasteiger partial charge in [0.25, 0.3) is 0 Å². The number of amides is 1. The highest BCUT2D eigenvalue weighted by Crippen LogP contribution is 2.34. The number of piperidine rings is 1. The molecule has 1 fully saturated rings. The van der Waals surface area contributed by atoms with E-state index >= 15 is 0 Å². The van der Waals surface area contributed by atoms with E-state index < -0.39 is 17.7 Å². The minimum atomic E-state index is -0.661. The molecule has 2 aliphatic rings.